The normalized spacial score (nSPS) is 21.3. The van der Waals surface area contributed by atoms with Crippen LogP contribution < -0.4 is 10.6 Å². The lowest BCUT2D eigenvalue weighted by molar-refractivity contribution is 0.0968. The topological polar surface area (TPSA) is 35.5 Å². The van der Waals surface area contributed by atoms with Crippen molar-refractivity contribution in [1.29, 1.82) is 0 Å². The first kappa shape index (κ1) is 32.0. The van der Waals surface area contributed by atoms with E-state index in [4.69, 9.17) is 8.85 Å². The number of benzene rings is 2. The summed E-state index contributed by atoms with van der Waals surface area (Å²) in [6, 6.07) is 18.0. The van der Waals surface area contributed by atoms with Gasteiger partial charge in [-0.15, -0.1) is 0 Å². The molecule has 0 bridgehead atoms. The minimum atomic E-state index is -2.08. The van der Waals surface area contributed by atoms with E-state index in [2.05, 4.69) is 86.5 Å². The molecule has 0 aliphatic heterocycles. The molecule has 0 saturated heterocycles. The Bertz CT molecular complexity index is 1200. The van der Waals surface area contributed by atoms with Crippen molar-refractivity contribution >= 4 is 35.0 Å². The molecular weight excluding hydrogens is 532 g/mol. The van der Waals surface area contributed by atoms with Crippen molar-refractivity contribution in [2.24, 2.45) is 0 Å². The molecule has 39 heavy (non-hydrogen) atoms. The van der Waals surface area contributed by atoms with Crippen LogP contribution in [0, 0.1) is 0 Å². The molecule has 2 aromatic carbocycles. The van der Waals surface area contributed by atoms with E-state index >= 15 is 0 Å². The lowest BCUT2D eigenvalue weighted by Crippen LogP contribution is -2.49. The Labute approximate surface area is 241 Å². The van der Waals surface area contributed by atoms with Crippen molar-refractivity contribution in [2.45, 2.75) is 109 Å². The van der Waals surface area contributed by atoms with E-state index < -0.39 is 24.4 Å². The number of hydrogen-bond donors (Lipinski definition) is 0. The van der Waals surface area contributed by atoms with E-state index in [1.807, 2.05) is 48.5 Å². The van der Waals surface area contributed by atoms with Crippen LogP contribution in [-0.4, -0.2) is 28.8 Å². The van der Waals surface area contributed by atoms with Gasteiger partial charge in [0.25, 0.3) is 0 Å². The summed E-state index contributed by atoms with van der Waals surface area (Å²) in [5, 5.41) is 2.10. The van der Waals surface area contributed by atoms with Crippen molar-refractivity contribution in [2.75, 3.05) is 0 Å². The molecule has 0 aromatic heterocycles. The minimum absolute atomic E-state index is 0.0423. The van der Waals surface area contributed by atoms with E-state index in [1.54, 1.807) is 0 Å². The van der Waals surface area contributed by atoms with Crippen LogP contribution >= 0.6 is 7.80 Å². The number of rotatable bonds is 8. The minimum Gasteiger partial charge on any atom is -0.413 e. The number of allylic oxidation sites excluding steroid dienone is 1. The van der Waals surface area contributed by atoms with Crippen LogP contribution in [0.15, 0.2) is 78.4 Å². The highest BCUT2D eigenvalue weighted by atomic mass is 31.1. The molecule has 2 aromatic rings. The zero-order valence-corrected chi connectivity index (χ0v) is 29.0. The van der Waals surface area contributed by atoms with Gasteiger partial charge in [-0.05, 0) is 65.8 Å². The van der Waals surface area contributed by atoms with Gasteiger partial charge in [0.2, 0.25) is 0 Å². The zero-order valence-electron chi connectivity index (χ0n) is 26.0. The Balaban J connectivity index is 1.93. The van der Waals surface area contributed by atoms with E-state index in [1.165, 1.54) is 5.57 Å². The molecule has 1 aliphatic rings. The summed E-state index contributed by atoms with van der Waals surface area (Å²) in [5.41, 5.74) is 3.42. The smallest absolute Gasteiger partial charge is 0.192 e. The van der Waals surface area contributed by atoms with E-state index in [-0.39, 0.29) is 22.3 Å². The lowest BCUT2D eigenvalue weighted by atomic mass is 9.85. The molecule has 3 rings (SSSR count). The molecule has 0 heterocycles. The molecule has 1 aliphatic carbocycles. The van der Waals surface area contributed by atoms with Gasteiger partial charge in [-0.1, -0.05) is 109 Å². The summed E-state index contributed by atoms with van der Waals surface area (Å²) < 4.78 is 27.5. The van der Waals surface area contributed by atoms with Gasteiger partial charge in [0.1, 0.15) is 7.80 Å². The van der Waals surface area contributed by atoms with Crippen LogP contribution in [0.25, 0.3) is 0 Å². The predicted molar refractivity (Wildman–Crippen MR) is 175 cm³/mol. The van der Waals surface area contributed by atoms with E-state index in [0.29, 0.717) is 6.42 Å². The molecule has 0 amide bonds. The average molecular weight is 583 g/mol. The summed E-state index contributed by atoms with van der Waals surface area (Å²) in [4.78, 5) is 0. The van der Waals surface area contributed by atoms with Crippen LogP contribution in [-0.2, 0) is 19.8 Å². The van der Waals surface area contributed by atoms with Crippen molar-refractivity contribution in [3.05, 3.63) is 84.0 Å². The Morgan fingerprint density at radius 2 is 1.41 bits per heavy atom. The van der Waals surface area contributed by atoms with Crippen molar-refractivity contribution in [1.82, 2.24) is 0 Å². The lowest BCUT2D eigenvalue weighted by Gasteiger charge is -2.45. The first-order chi connectivity index (χ1) is 17.9. The fourth-order valence-corrected chi connectivity index (χ4v) is 8.70. The Hall–Kier alpha value is -1.50. The molecule has 3 nitrogen and oxygen atoms in total. The average Bonchev–Trinajstić information content (AvgIpc) is 2.83. The Kier molecular flexibility index (Phi) is 9.99. The third-order valence-corrected chi connectivity index (χ3v) is 20.0. The van der Waals surface area contributed by atoms with Gasteiger partial charge in [-0.2, -0.15) is 0 Å². The third kappa shape index (κ3) is 7.83. The molecule has 1 unspecified atom stereocenters. The van der Waals surface area contributed by atoms with Gasteiger partial charge >= 0.3 is 0 Å². The van der Waals surface area contributed by atoms with E-state index in [9.17, 15) is 4.57 Å². The maximum atomic E-state index is 13.5. The Morgan fingerprint density at radius 1 is 0.872 bits per heavy atom. The summed E-state index contributed by atoms with van der Waals surface area (Å²) >= 11 is 0. The standard InChI is InChI=1S/C33H51O3PSi2/c1-25-27(22-21-26-17-15-16-20-31(26)37(34)29-18-13-12-14-19-29)23-28(35-38(8,9)32(2,3)4)24-30(25)36-39(10,11)33(5,6)7/h12-20,22,28,30,37H,1,21,23-24H2,2-11H3/b27-22-/t28-,30+/m0/s1. The van der Waals surface area contributed by atoms with E-state index in [0.717, 1.165) is 34.6 Å². The van der Waals surface area contributed by atoms with Gasteiger partial charge in [0.15, 0.2) is 16.6 Å². The van der Waals surface area contributed by atoms with Crippen molar-refractivity contribution < 1.29 is 13.4 Å². The molecular formula is C33H51O3PSi2. The molecule has 1 fully saturated rings. The highest BCUT2D eigenvalue weighted by Crippen LogP contribution is 2.44. The van der Waals surface area contributed by atoms with Crippen LogP contribution in [0.2, 0.25) is 36.3 Å². The van der Waals surface area contributed by atoms with Crippen LogP contribution in [0.5, 0.6) is 0 Å². The Morgan fingerprint density at radius 3 is 2.00 bits per heavy atom. The second kappa shape index (κ2) is 12.2. The molecule has 214 valence electrons. The largest absolute Gasteiger partial charge is 0.413 e. The maximum absolute atomic E-state index is 13.5. The molecule has 0 spiro atoms. The quantitative estimate of drug-likeness (QED) is 0.230. The number of hydrogen-bond acceptors (Lipinski definition) is 3. The first-order valence-electron chi connectivity index (χ1n) is 14.3. The molecule has 0 N–H and O–H groups in total. The van der Waals surface area contributed by atoms with Gasteiger partial charge < -0.3 is 13.4 Å². The summed E-state index contributed by atoms with van der Waals surface area (Å²) in [6.07, 6.45) is 4.78. The fourth-order valence-electron chi connectivity index (χ4n) is 4.49. The van der Waals surface area contributed by atoms with Crippen LogP contribution in [0.3, 0.4) is 0 Å². The first-order valence-corrected chi connectivity index (χ1v) is 21.6. The summed E-state index contributed by atoms with van der Waals surface area (Å²) in [6.45, 7) is 27.6. The third-order valence-electron chi connectivity index (χ3n) is 9.10. The second-order valence-corrected chi connectivity index (χ2v) is 25.4. The monoisotopic (exact) mass is 582 g/mol. The molecule has 0 radical (unpaired) electrons. The highest BCUT2D eigenvalue weighted by molar-refractivity contribution is 7.61. The predicted octanol–water partition coefficient (Wildman–Crippen LogP) is 8.80. The summed E-state index contributed by atoms with van der Waals surface area (Å²) in [5.74, 6) is 0. The van der Waals surface area contributed by atoms with Crippen molar-refractivity contribution in [3.8, 4) is 0 Å². The van der Waals surface area contributed by atoms with Crippen LogP contribution in [0.4, 0.5) is 0 Å². The zero-order chi connectivity index (χ0) is 29.2. The molecule has 3 atom stereocenters. The molecule has 6 heteroatoms. The van der Waals surface area contributed by atoms with Gasteiger partial charge in [-0.25, -0.2) is 0 Å². The maximum Gasteiger partial charge on any atom is 0.192 e. The molecule has 1 saturated carbocycles. The highest BCUT2D eigenvalue weighted by Gasteiger charge is 2.44. The van der Waals surface area contributed by atoms with Gasteiger partial charge in [-0.3, -0.25) is 0 Å². The van der Waals surface area contributed by atoms with Gasteiger partial charge in [0.05, 0.1) is 12.2 Å². The SMILES string of the molecule is C=C1/C(=C\Cc2ccccc2[PH](=O)c2ccccc2)C[C@H](O[Si](C)(C)C(C)(C)C)C[C@H]1O[Si](C)(C)C(C)(C)C. The van der Waals surface area contributed by atoms with Crippen LogP contribution in [0.1, 0.15) is 59.9 Å². The second-order valence-electron chi connectivity index (χ2n) is 14.1. The fraction of sp³-hybridized carbons (Fsp3) is 0.515. The summed E-state index contributed by atoms with van der Waals surface area (Å²) in [7, 11) is -6.04. The van der Waals surface area contributed by atoms with Gasteiger partial charge in [0, 0.05) is 17.0 Å². The van der Waals surface area contributed by atoms with Crippen molar-refractivity contribution in [3.63, 3.8) is 0 Å².